The summed E-state index contributed by atoms with van der Waals surface area (Å²) in [7, 11) is 0. The van der Waals surface area contributed by atoms with Crippen LogP contribution in [0.5, 0.6) is 0 Å². The molecule has 1 rings (SSSR count). The van der Waals surface area contributed by atoms with Crippen LogP contribution in [0.15, 0.2) is 22.1 Å². The summed E-state index contributed by atoms with van der Waals surface area (Å²) >= 11 is 0. The van der Waals surface area contributed by atoms with E-state index < -0.39 is 0 Å². The van der Waals surface area contributed by atoms with Crippen molar-refractivity contribution in [2.45, 2.75) is 13.3 Å². The molecule has 0 N–H and O–H groups in total. The van der Waals surface area contributed by atoms with Gasteiger partial charge in [0.2, 0.25) is 0 Å². The second-order valence-electron chi connectivity index (χ2n) is 2.13. The lowest BCUT2D eigenvalue weighted by atomic mass is 10.1. The number of hydrogen-bond donors (Lipinski definition) is 0. The molecule has 1 aliphatic rings. The second kappa shape index (κ2) is 2.58. The van der Waals surface area contributed by atoms with Gasteiger partial charge < -0.3 is 0 Å². The van der Waals surface area contributed by atoms with Crippen LogP contribution in [-0.4, -0.2) is 18.6 Å². The number of rotatable bonds is 1. The highest BCUT2D eigenvalue weighted by molar-refractivity contribution is 6.03. The zero-order valence-corrected chi connectivity index (χ0v) is 5.59. The Balaban J connectivity index is 2.68. The van der Waals surface area contributed by atoms with Gasteiger partial charge in [-0.05, 0) is 12.5 Å². The Bertz CT molecular complexity index is 177. The van der Waals surface area contributed by atoms with E-state index in [1.165, 1.54) is 0 Å². The van der Waals surface area contributed by atoms with Gasteiger partial charge in [0.25, 0.3) is 0 Å². The Hall–Kier alpha value is -0.920. The fourth-order valence-electron chi connectivity index (χ4n) is 0.727. The summed E-state index contributed by atoms with van der Waals surface area (Å²) in [5.41, 5.74) is 2.14. The molecule has 9 heavy (non-hydrogen) atoms. The van der Waals surface area contributed by atoms with Crippen LogP contribution in [0.1, 0.15) is 13.3 Å². The minimum atomic E-state index is 0.867. The molecule has 0 fully saturated rings. The van der Waals surface area contributed by atoms with Crippen LogP contribution in [0.4, 0.5) is 0 Å². The maximum atomic E-state index is 4.05. The number of nitrogens with zero attached hydrogens (tertiary/aromatic N) is 2. The van der Waals surface area contributed by atoms with Crippen LogP contribution in [-0.2, 0) is 0 Å². The minimum Gasteiger partial charge on any atom is -0.273 e. The molecule has 0 aliphatic carbocycles. The summed E-state index contributed by atoms with van der Waals surface area (Å²) < 4.78 is 0. The van der Waals surface area contributed by atoms with E-state index in [1.807, 2.05) is 6.92 Å². The topological polar surface area (TPSA) is 24.7 Å². The van der Waals surface area contributed by atoms with Gasteiger partial charge in [0, 0.05) is 18.7 Å². The van der Waals surface area contributed by atoms with E-state index in [2.05, 4.69) is 16.6 Å². The third-order valence-electron chi connectivity index (χ3n) is 1.27. The molecular weight excluding hydrogens is 112 g/mol. The Morgan fingerprint density at radius 3 is 2.89 bits per heavy atom. The van der Waals surface area contributed by atoms with E-state index in [1.54, 1.807) is 6.34 Å². The van der Waals surface area contributed by atoms with Gasteiger partial charge >= 0.3 is 0 Å². The van der Waals surface area contributed by atoms with Gasteiger partial charge in [-0.15, -0.1) is 0 Å². The maximum absolute atomic E-state index is 4.05. The number of hydrogen-bond acceptors (Lipinski definition) is 2. The van der Waals surface area contributed by atoms with Crippen molar-refractivity contribution < 1.29 is 0 Å². The Morgan fingerprint density at radius 1 is 1.78 bits per heavy atom. The fraction of sp³-hybridized carbons (Fsp3) is 0.429. The Kier molecular flexibility index (Phi) is 1.78. The molecule has 0 bridgehead atoms. The van der Waals surface area contributed by atoms with E-state index in [0.29, 0.717) is 0 Å². The summed E-state index contributed by atoms with van der Waals surface area (Å²) in [5, 5.41) is 0. The summed E-state index contributed by atoms with van der Waals surface area (Å²) in [5.74, 6) is 0. The van der Waals surface area contributed by atoms with Gasteiger partial charge in [-0.25, -0.2) is 4.99 Å². The highest BCUT2D eigenvalue weighted by atomic mass is 14.9. The van der Waals surface area contributed by atoms with Crippen LogP contribution >= 0.6 is 0 Å². The van der Waals surface area contributed by atoms with E-state index in [4.69, 9.17) is 0 Å². The first-order chi connectivity index (χ1) is 4.30. The summed E-state index contributed by atoms with van der Waals surface area (Å²) in [4.78, 5) is 8.01. The van der Waals surface area contributed by atoms with Crippen molar-refractivity contribution in [1.29, 1.82) is 0 Å². The predicted octanol–water partition coefficient (Wildman–Crippen LogP) is 1.44. The molecule has 0 spiro atoms. The monoisotopic (exact) mass is 122 g/mol. The zero-order valence-electron chi connectivity index (χ0n) is 5.59. The summed E-state index contributed by atoms with van der Waals surface area (Å²) in [6, 6.07) is 0. The van der Waals surface area contributed by atoms with Crippen LogP contribution in [0.3, 0.4) is 0 Å². The molecule has 1 aliphatic heterocycles. The average Bonchev–Trinajstić information content (AvgIpc) is 1.90. The highest BCUT2D eigenvalue weighted by Crippen LogP contribution is 2.01. The maximum Gasteiger partial charge on any atom is 0.110 e. The van der Waals surface area contributed by atoms with Crippen molar-refractivity contribution in [3.63, 3.8) is 0 Å². The molecule has 2 nitrogen and oxygen atoms in total. The molecule has 2 heteroatoms. The second-order valence-corrected chi connectivity index (χ2v) is 2.13. The molecule has 0 saturated heterocycles. The van der Waals surface area contributed by atoms with Crippen molar-refractivity contribution >= 4 is 12.1 Å². The smallest absolute Gasteiger partial charge is 0.110 e. The third-order valence-corrected chi connectivity index (χ3v) is 1.27. The molecule has 0 unspecified atom stereocenters. The molecule has 0 atom stereocenters. The van der Waals surface area contributed by atoms with Crippen LogP contribution in [0.2, 0.25) is 0 Å². The number of aliphatic imine (C=N–C) groups is 2. The van der Waals surface area contributed by atoms with E-state index in [0.717, 1.165) is 24.3 Å². The molecule has 48 valence electrons. The predicted molar refractivity (Wildman–Crippen MR) is 40.2 cm³/mol. The molecule has 0 amide bonds. The van der Waals surface area contributed by atoms with Crippen molar-refractivity contribution in [3.8, 4) is 0 Å². The first kappa shape index (κ1) is 6.20. The summed E-state index contributed by atoms with van der Waals surface area (Å²) in [6.45, 7) is 6.62. The van der Waals surface area contributed by atoms with Crippen molar-refractivity contribution in [1.82, 2.24) is 0 Å². The SMILES string of the molecule is C=C(C)C1=NC=NCC1. The van der Waals surface area contributed by atoms with Gasteiger partial charge in [0.05, 0.1) is 0 Å². The highest BCUT2D eigenvalue weighted by Gasteiger charge is 2.00. The number of allylic oxidation sites excluding steroid dienone is 1. The first-order valence-corrected chi connectivity index (χ1v) is 3.01. The lowest BCUT2D eigenvalue weighted by Crippen LogP contribution is -2.05. The molecule has 0 aromatic carbocycles. The van der Waals surface area contributed by atoms with Crippen molar-refractivity contribution in [3.05, 3.63) is 12.2 Å². The van der Waals surface area contributed by atoms with Gasteiger partial charge in [0.1, 0.15) is 6.34 Å². The van der Waals surface area contributed by atoms with Crippen molar-refractivity contribution in [2.24, 2.45) is 9.98 Å². The quantitative estimate of drug-likeness (QED) is 0.502. The van der Waals surface area contributed by atoms with Gasteiger partial charge in [-0.1, -0.05) is 6.58 Å². The molecule has 1 heterocycles. The normalized spacial score (nSPS) is 17.2. The third kappa shape index (κ3) is 1.49. The zero-order chi connectivity index (χ0) is 6.69. The van der Waals surface area contributed by atoms with Gasteiger partial charge in [0.15, 0.2) is 0 Å². The van der Waals surface area contributed by atoms with Crippen molar-refractivity contribution in [2.75, 3.05) is 6.54 Å². The van der Waals surface area contributed by atoms with Crippen LogP contribution in [0, 0.1) is 0 Å². The molecule has 0 radical (unpaired) electrons. The minimum absolute atomic E-state index is 0.867. The fourth-order valence-corrected chi connectivity index (χ4v) is 0.727. The Morgan fingerprint density at radius 2 is 2.56 bits per heavy atom. The largest absolute Gasteiger partial charge is 0.273 e. The van der Waals surface area contributed by atoms with Crippen LogP contribution < -0.4 is 0 Å². The average molecular weight is 122 g/mol. The van der Waals surface area contributed by atoms with Gasteiger partial charge in [-0.2, -0.15) is 0 Å². The molecule has 0 aromatic heterocycles. The lowest BCUT2D eigenvalue weighted by Gasteiger charge is -2.04. The van der Waals surface area contributed by atoms with Crippen LogP contribution in [0.25, 0.3) is 0 Å². The molecule has 0 saturated carbocycles. The molecule has 0 aromatic rings. The Labute approximate surface area is 55.0 Å². The first-order valence-electron chi connectivity index (χ1n) is 3.01. The van der Waals surface area contributed by atoms with E-state index in [-0.39, 0.29) is 0 Å². The van der Waals surface area contributed by atoms with E-state index >= 15 is 0 Å². The standard InChI is InChI=1S/C7H10N2/c1-6(2)7-3-4-8-5-9-7/h5H,1,3-4H2,2H3. The van der Waals surface area contributed by atoms with Gasteiger partial charge in [-0.3, -0.25) is 4.99 Å². The van der Waals surface area contributed by atoms with E-state index in [9.17, 15) is 0 Å². The molecular formula is C7H10N2. The summed E-state index contributed by atoms with van der Waals surface area (Å²) in [6.07, 6.45) is 2.55. The lowest BCUT2D eigenvalue weighted by molar-refractivity contribution is 1.02.